The smallest absolute Gasteiger partial charge is 0.167 e. The van der Waals surface area contributed by atoms with Crippen LogP contribution in [0, 0.1) is 0 Å². The molecule has 18 heavy (non-hydrogen) atoms. The van der Waals surface area contributed by atoms with Crippen LogP contribution in [0.5, 0.6) is 5.75 Å². The predicted molar refractivity (Wildman–Crippen MR) is 66.9 cm³/mol. The second-order valence-corrected chi connectivity index (χ2v) is 4.54. The highest BCUT2D eigenvalue weighted by molar-refractivity contribution is 5.97. The molecule has 0 saturated heterocycles. The molecule has 0 N–H and O–H groups in total. The van der Waals surface area contributed by atoms with Crippen molar-refractivity contribution >= 4 is 5.78 Å². The van der Waals surface area contributed by atoms with Crippen molar-refractivity contribution in [3.05, 3.63) is 47.3 Å². The van der Waals surface area contributed by atoms with Crippen LogP contribution >= 0.6 is 0 Å². The first-order valence-electron chi connectivity index (χ1n) is 5.99. The molecule has 0 spiro atoms. The number of benzene rings is 1. The molecule has 4 nitrogen and oxygen atoms in total. The van der Waals surface area contributed by atoms with E-state index >= 15 is 0 Å². The fraction of sp³-hybridized carbons (Fsp3) is 0.286. The van der Waals surface area contributed by atoms with Gasteiger partial charge in [0.15, 0.2) is 5.78 Å². The Morgan fingerprint density at radius 3 is 3.17 bits per heavy atom. The highest BCUT2D eigenvalue weighted by Crippen LogP contribution is 2.26. The summed E-state index contributed by atoms with van der Waals surface area (Å²) in [6.45, 7) is 0.718. The molecule has 0 unspecified atom stereocenters. The van der Waals surface area contributed by atoms with Crippen LogP contribution in [-0.4, -0.2) is 22.2 Å². The van der Waals surface area contributed by atoms with E-state index in [-0.39, 0.29) is 5.78 Å². The van der Waals surface area contributed by atoms with Crippen LogP contribution in [0.4, 0.5) is 0 Å². The van der Waals surface area contributed by atoms with E-state index in [9.17, 15) is 4.79 Å². The molecule has 2 heterocycles. The second-order valence-electron chi connectivity index (χ2n) is 4.54. The maximum atomic E-state index is 12.1. The number of ketones is 1. The van der Waals surface area contributed by atoms with Gasteiger partial charge in [0.25, 0.3) is 0 Å². The van der Waals surface area contributed by atoms with Crippen molar-refractivity contribution in [2.75, 3.05) is 6.61 Å². The van der Waals surface area contributed by atoms with Gasteiger partial charge >= 0.3 is 0 Å². The summed E-state index contributed by atoms with van der Waals surface area (Å²) in [6.07, 6.45) is 4.89. The van der Waals surface area contributed by atoms with E-state index in [0.717, 1.165) is 35.5 Å². The van der Waals surface area contributed by atoms with Gasteiger partial charge in [-0.25, -0.2) is 0 Å². The van der Waals surface area contributed by atoms with Crippen LogP contribution < -0.4 is 4.74 Å². The van der Waals surface area contributed by atoms with Crippen LogP contribution in [0.3, 0.4) is 0 Å². The number of Topliss-reactive ketones (excluding diaryl/α,β-unsaturated/α-hetero) is 1. The molecule has 2 aromatic rings. The molecular formula is C14H14N2O2. The number of carbonyl (C=O) groups excluding carboxylic acids is 1. The van der Waals surface area contributed by atoms with E-state index in [2.05, 4.69) is 5.10 Å². The Morgan fingerprint density at radius 1 is 1.50 bits per heavy atom. The number of rotatable bonds is 3. The first-order valence-corrected chi connectivity index (χ1v) is 5.99. The number of fused-ring (bicyclic) bond motifs is 1. The molecule has 1 aliphatic rings. The molecule has 0 aliphatic carbocycles. The zero-order valence-electron chi connectivity index (χ0n) is 10.2. The van der Waals surface area contributed by atoms with E-state index in [1.54, 1.807) is 10.9 Å². The number of ether oxygens (including phenoxy) is 1. The Balaban J connectivity index is 1.80. The third kappa shape index (κ3) is 2.01. The van der Waals surface area contributed by atoms with E-state index in [0.29, 0.717) is 6.42 Å². The number of aryl methyl sites for hydroxylation is 1. The number of aromatic nitrogens is 2. The Labute approximate surface area is 105 Å². The number of hydrogen-bond donors (Lipinski definition) is 0. The molecule has 0 amide bonds. The standard InChI is InChI=1S/C14H14N2O2/c1-16-9-10(8-15-16)6-13(17)11-2-3-14-12(7-11)4-5-18-14/h2-3,7-9H,4-6H2,1H3. The molecule has 1 aliphatic heterocycles. The van der Waals surface area contributed by atoms with Gasteiger partial charge in [0.05, 0.1) is 12.8 Å². The van der Waals surface area contributed by atoms with Gasteiger partial charge in [-0.05, 0) is 29.3 Å². The minimum absolute atomic E-state index is 0.123. The van der Waals surface area contributed by atoms with Gasteiger partial charge in [0.2, 0.25) is 0 Å². The SMILES string of the molecule is Cn1cc(CC(=O)c2ccc3c(c2)CCO3)cn1. The van der Waals surface area contributed by atoms with E-state index in [4.69, 9.17) is 4.74 Å². The third-order valence-electron chi connectivity index (χ3n) is 3.13. The van der Waals surface area contributed by atoms with E-state index in [1.807, 2.05) is 31.4 Å². The lowest BCUT2D eigenvalue weighted by Crippen LogP contribution is -2.03. The lowest BCUT2D eigenvalue weighted by Gasteiger charge is -2.02. The topological polar surface area (TPSA) is 44.1 Å². The first-order chi connectivity index (χ1) is 8.72. The monoisotopic (exact) mass is 242 g/mol. The highest BCUT2D eigenvalue weighted by atomic mass is 16.5. The van der Waals surface area contributed by atoms with Crippen molar-refractivity contribution in [1.29, 1.82) is 0 Å². The third-order valence-corrected chi connectivity index (χ3v) is 3.13. The van der Waals surface area contributed by atoms with Gasteiger partial charge in [0.1, 0.15) is 5.75 Å². The predicted octanol–water partition coefficient (Wildman–Crippen LogP) is 1.78. The molecule has 0 fully saturated rings. The summed E-state index contributed by atoms with van der Waals surface area (Å²) < 4.78 is 7.14. The molecular weight excluding hydrogens is 228 g/mol. The average molecular weight is 242 g/mol. The Bertz CT molecular complexity index is 602. The normalized spacial score (nSPS) is 13.2. The van der Waals surface area contributed by atoms with Gasteiger partial charge in [-0.15, -0.1) is 0 Å². The van der Waals surface area contributed by atoms with Crippen LogP contribution in [0.15, 0.2) is 30.6 Å². The summed E-state index contributed by atoms with van der Waals surface area (Å²) in [5.74, 6) is 1.03. The fourth-order valence-electron chi connectivity index (χ4n) is 2.21. The van der Waals surface area contributed by atoms with Gasteiger partial charge in [-0.2, -0.15) is 5.10 Å². The molecule has 0 saturated carbocycles. The summed E-state index contributed by atoms with van der Waals surface area (Å²) >= 11 is 0. The zero-order chi connectivity index (χ0) is 12.5. The van der Waals surface area contributed by atoms with Crippen LogP contribution in [0.25, 0.3) is 0 Å². The van der Waals surface area contributed by atoms with Crippen LogP contribution in [0.1, 0.15) is 21.5 Å². The van der Waals surface area contributed by atoms with Crippen LogP contribution in [-0.2, 0) is 19.9 Å². The van der Waals surface area contributed by atoms with Crippen molar-refractivity contribution in [2.24, 2.45) is 7.05 Å². The molecule has 1 aromatic carbocycles. The van der Waals surface area contributed by atoms with Gasteiger partial charge in [-0.3, -0.25) is 9.48 Å². The Hall–Kier alpha value is -2.10. The van der Waals surface area contributed by atoms with Crippen molar-refractivity contribution in [3.63, 3.8) is 0 Å². The summed E-state index contributed by atoms with van der Waals surface area (Å²) in [6, 6.07) is 5.67. The first kappa shape index (κ1) is 11.0. The molecule has 92 valence electrons. The minimum atomic E-state index is 0.123. The molecule has 3 rings (SSSR count). The molecule has 1 aromatic heterocycles. The summed E-state index contributed by atoms with van der Waals surface area (Å²) in [5, 5.41) is 4.07. The van der Waals surface area contributed by atoms with Crippen molar-refractivity contribution in [1.82, 2.24) is 9.78 Å². The molecule has 0 radical (unpaired) electrons. The summed E-state index contributed by atoms with van der Waals surface area (Å²) in [5.41, 5.74) is 2.83. The van der Waals surface area contributed by atoms with Crippen molar-refractivity contribution < 1.29 is 9.53 Å². The molecule has 0 bridgehead atoms. The maximum Gasteiger partial charge on any atom is 0.167 e. The molecule has 4 heteroatoms. The number of hydrogen-bond acceptors (Lipinski definition) is 3. The van der Waals surface area contributed by atoms with Crippen molar-refractivity contribution in [2.45, 2.75) is 12.8 Å². The summed E-state index contributed by atoms with van der Waals surface area (Å²) in [7, 11) is 1.85. The van der Waals surface area contributed by atoms with E-state index in [1.165, 1.54) is 0 Å². The van der Waals surface area contributed by atoms with Crippen molar-refractivity contribution in [3.8, 4) is 5.75 Å². The highest BCUT2D eigenvalue weighted by Gasteiger charge is 2.15. The van der Waals surface area contributed by atoms with Crippen LogP contribution in [0.2, 0.25) is 0 Å². The Kier molecular flexibility index (Phi) is 2.63. The second kappa shape index (κ2) is 4.29. The van der Waals surface area contributed by atoms with E-state index < -0.39 is 0 Å². The minimum Gasteiger partial charge on any atom is -0.493 e. The zero-order valence-corrected chi connectivity index (χ0v) is 10.2. The lowest BCUT2D eigenvalue weighted by atomic mass is 10.0. The fourth-order valence-corrected chi connectivity index (χ4v) is 2.21. The molecule has 0 atom stereocenters. The van der Waals surface area contributed by atoms with Gasteiger partial charge in [-0.1, -0.05) is 0 Å². The summed E-state index contributed by atoms with van der Waals surface area (Å²) in [4.78, 5) is 12.1. The number of nitrogens with zero attached hydrogens (tertiary/aromatic N) is 2. The Morgan fingerprint density at radius 2 is 2.39 bits per heavy atom. The average Bonchev–Trinajstić information content (AvgIpc) is 2.96. The quantitative estimate of drug-likeness (QED) is 0.771. The largest absolute Gasteiger partial charge is 0.493 e. The maximum absolute atomic E-state index is 12.1. The van der Waals surface area contributed by atoms with Gasteiger partial charge < -0.3 is 4.74 Å². The number of carbonyl (C=O) groups is 1. The van der Waals surface area contributed by atoms with Gasteiger partial charge in [0, 0.05) is 31.6 Å². The lowest BCUT2D eigenvalue weighted by molar-refractivity contribution is 0.0993.